The molecular weight excluding hydrogens is 296 g/mol. The van der Waals surface area contributed by atoms with Crippen LogP contribution >= 0.6 is 12.4 Å². The molecule has 8 heteroatoms. The number of amides is 1. The van der Waals surface area contributed by atoms with Crippen molar-refractivity contribution in [2.75, 3.05) is 13.7 Å². The second-order valence-electron chi connectivity index (χ2n) is 5.71. The molecule has 1 heterocycles. The minimum Gasteiger partial charge on any atom is -0.378 e. The van der Waals surface area contributed by atoms with E-state index in [9.17, 15) is 4.79 Å². The molecule has 1 aliphatic rings. The van der Waals surface area contributed by atoms with Crippen molar-refractivity contribution in [2.24, 2.45) is 11.1 Å². The van der Waals surface area contributed by atoms with E-state index in [2.05, 4.69) is 15.5 Å². The molecule has 0 aliphatic heterocycles. The van der Waals surface area contributed by atoms with E-state index in [4.69, 9.17) is 15.0 Å². The minimum absolute atomic E-state index is 0. The summed E-state index contributed by atoms with van der Waals surface area (Å²) in [5.41, 5.74) is 5.42. The number of hydrogen-bond acceptors (Lipinski definition) is 6. The maximum Gasteiger partial charge on any atom is 0.247 e. The third-order valence-corrected chi connectivity index (χ3v) is 4.28. The SMILES string of the molecule is CCOC1CC(N)(c2nc(CC(=O)NC)no2)C1(C)C.Cl. The van der Waals surface area contributed by atoms with E-state index >= 15 is 0 Å². The van der Waals surface area contributed by atoms with Crippen molar-refractivity contribution in [3.63, 3.8) is 0 Å². The van der Waals surface area contributed by atoms with Gasteiger partial charge >= 0.3 is 0 Å². The highest BCUT2D eigenvalue weighted by Crippen LogP contribution is 2.54. The molecule has 2 atom stereocenters. The van der Waals surface area contributed by atoms with Crippen LogP contribution in [0.5, 0.6) is 0 Å². The summed E-state index contributed by atoms with van der Waals surface area (Å²) >= 11 is 0. The quantitative estimate of drug-likeness (QED) is 0.831. The lowest BCUT2D eigenvalue weighted by Gasteiger charge is -2.56. The molecule has 3 N–H and O–H groups in total. The van der Waals surface area contributed by atoms with Gasteiger partial charge in [0.25, 0.3) is 0 Å². The van der Waals surface area contributed by atoms with E-state index in [1.54, 1.807) is 7.05 Å². The number of nitrogens with one attached hydrogen (secondary N) is 1. The average Bonchev–Trinajstić information content (AvgIpc) is 2.86. The summed E-state index contributed by atoms with van der Waals surface area (Å²) in [6, 6.07) is 0. The highest BCUT2D eigenvalue weighted by Gasteiger charge is 2.62. The maximum absolute atomic E-state index is 11.3. The molecule has 1 aromatic heterocycles. The fourth-order valence-corrected chi connectivity index (χ4v) is 2.54. The molecule has 7 nitrogen and oxygen atoms in total. The van der Waals surface area contributed by atoms with E-state index in [1.165, 1.54) is 0 Å². The number of carbonyl (C=O) groups is 1. The van der Waals surface area contributed by atoms with Gasteiger partial charge in [-0.25, -0.2) is 0 Å². The number of aromatic nitrogens is 2. The van der Waals surface area contributed by atoms with Crippen molar-refractivity contribution in [1.82, 2.24) is 15.5 Å². The zero-order valence-corrected chi connectivity index (χ0v) is 13.6. The number of carbonyl (C=O) groups excluding carboxylic acids is 1. The molecule has 0 aromatic carbocycles. The number of hydrogen-bond donors (Lipinski definition) is 2. The van der Waals surface area contributed by atoms with Crippen molar-refractivity contribution >= 4 is 18.3 Å². The molecule has 0 bridgehead atoms. The first-order valence-corrected chi connectivity index (χ1v) is 6.79. The Bertz CT molecular complexity index is 505. The molecule has 0 saturated heterocycles. The summed E-state index contributed by atoms with van der Waals surface area (Å²) in [5.74, 6) is 0.556. The van der Waals surface area contributed by atoms with Gasteiger partial charge in [0.05, 0.1) is 12.5 Å². The van der Waals surface area contributed by atoms with Gasteiger partial charge in [0.1, 0.15) is 5.54 Å². The van der Waals surface area contributed by atoms with Crippen LogP contribution in [0.3, 0.4) is 0 Å². The number of nitrogens with two attached hydrogens (primary N) is 1. The first-order valence-electron chi connectivity index (χ1n) is 6.79. The third kappa shape index (κ3) is 2.90. The van der Waals surface area contributed by atoms with Crippen LogP contribution in [0, 0.1) is 5.41 Å². The minimum atomic E-state index is -0.708. The van der Waals surface area contributed by atoms with Crippen LogP contribution in [-0.2, 0) is 21.5 Å². The second-order valence-corrected chi connectivity index (χ2v) is 5.71. The van der Waals surface area contributed by atoms with Crippen LogP contribution in [0.4, 0.5) is 0 Å². The summed E-state index contributed by atoms with van der Waals surface area (Å²) in [6.07, 6.45) is 0.799. The first-order chi connectivity index (χ1) is 9.35. The van der Waals surface area contributed by atoms with E-state index in [0.717, 1.165) is 0 Å². The van der Waals surface area contributed by atoms with Gasteiger partial charge in [-0.2, -0.15) is 4.98 Å². The van der Waals surface area contributed by atoms with Crippen LogP contribution < -0.4 is 11.1 Å². The van der Waals surface area contributed by atoms with Crippen molar-refractivity contribution < 1.29 is 14.1 Å². The largest absolute Gasteiger partial charge is 0.378 e. The molecule has 1 amide bonds. The van der Waals surface area contributed by atoms with Gasteiger partial charge in [0.15, 0.2) is 5.82 Å². The Morgan fingerprint density at radius 3 is 2.76 bits per heavy atom. The maximum atomic E-state index is 11.3. The fourth-order valence-electron chi connectivity index (χ4n) is 2.54. The molecule has 120 valence electrons. The van der Waals surface area contributed by atoms with Crippen LogP contribution in [0.2, 0.25) is 0 Å². The van der Waals surface area contributed by atoms with E-state index in [1.807, 2.05) is 20.8 Å². The summed E-state index contributed by atoms with van der Waals surface area (Å²) in [6.45, 7) is 6.66. The van der Waals surface area contributed by atoms with Crippen LogP contribution in [0.15, 0.2) is 4.52 Å². The van der Waals surface area contributed by atoms with Crippen molar-refractivity contribution in [2.45, 2.75) is 45.3 Å². The molecule has 2 rings (SSSR count). The molecule has 1 fully saturated rings. The van der Waals surface area contributed by atoms with Gasteiger partial charge in [-0.3, -0.25) is 4.79 Å². The summed E-state index contributed by atoms with van der Waals surface area (Å²) < 4.78 is 10.9. The molecule has 0 radical (unpaired) electrons. The average molecular weight is 319 g/mol. The standard InChI is InChI=1S/C13H22N4O3.ClH/c1-5-19-8-7-13(14,12(8,2)3)11-16-9(17-20-11)6-10(18)15-4;/h8H,5-7,14H2,1-4H3,(H,15,18);1H. The normalized spacial score (nSPS) is 26.6. The third-order valence-electron chi connectivity index (χ3n) is 4.28. The second kappa shape index (κ2) is 6.29. The number of rotatable bonds is 5. The highest BCUT2D eigenvalue weighted by molar-refractivity contribution is 5.85. The van der Waals surface area contributed by atoms with Crippen molar-refractivity contribution in [1.29, 1.82) is 0 Å². The highest BCUT2D eigenvalue weighted by atomic mass is 35.5. The Balaban J connectivity index is 0.00000220. The van der Waals surface area contributed by atoms with Crippen molar-refractivity contribution in [3.05, 3.63) is 11.7 Å². The number of halogens is 1. The Morgan fingerprint density at radius 1 is 1.57 bits per heavy atom. The smallest absolute Gasteiger partial charge is 0.247 e. The topological polar surface area (TPSA) is 103 Å². The first kappa shape index (κ1) is 17.9. The molecule has 21 heavy (non-hydrogen) atoms. The van der Waals surface area contributed by atoms with Gasteiger partial charge < -0.3 is 20.3 Å². The lowest BCUT2D eigenvalue weighted by atomic mass is 9.54. The Hall–Kier alpha value is -1.18. The van der Waals surface area contributed by atoms with Crippen LogP contribution in [-0.4, -0.2) is 35.8 Å². The predicted octanol–water partition coefficient (Wildman–Crippen LogP) is 0.769. The molecule has 1 saturated carbocycles. The van der Waals surface area contributed by atoms with Crippen molar-refractivity contribution in [3.8, 4) is 0 Å². The van der Waals surface area contributed by atoms with Gasteiger partial charge in [0.2, 0.25) is 11.8 Å². The monoisotopic (exact) mass is 318 g/mol. The van der Waals surface area contributed by atoms with Gasteiger partial charge in [-0.05, 0) is 6.92 Å². The molecule has 0 spiro atoms. The molecule has 2 unspecified atom stereocenters. The summed E-state index contributed by atoms with van der Waals surface area (Å²) in [7, 11) is 1.56. The predicted molar refractivity (Wildman–Crippen MR) is 79.0 cm³/mol. The zero-order chi connectivity index (χ0) is 15.0. The number of nitrogens with zero attached hydrogens (tertiary/aromatic N) is 2. The summed E-state index contributed by atoms with van der Waals surface area (Å²) in [4.78, 5) is 15.6. The molecule has 1 aromatic rings. The molecule has 1 aliphatic carbocycles. The summed E-state index contributed by atoms with van der Waals surface area (Å²) in [5, 5.41) is 6.34. The fraction of sp³-hybridized carbons (Fsp3) is 0.769. The van der Waals surface area contributed by atoms with E-state index in [-0.39, 0.29) is 36.3 Å². The van der Waals surface area contributed by atoms with Crippen LogP contribution in [0.1, 0.15) is 38.9 Å². The Kier molecular flexibility index (Phi) is 5.35. The van der Waals surface area contributed by atoms with E-state index < -0.39 is 5.54 Å². The van der Waals surface area contributed by atoms with Gasteiger partial charge in [-0.15, -0.1) is 12.4 Å². The molecular formula is C13H23ClN4O3. The lowest BCUT2D eigenvalue weighted by molar-refractivity contribution is -0.162. The Labute approximate surface area is 130 Å². The van der Waals surface area contributed by atoms with Crippen LogP contribution in [0.25, 0.3) is 0 Å². The van der Waals surface area contributed by atoms with Gasteiger partial charge in [-0.1, -0.05) is 19.0 Å². The van der Waals surface area contributed by atoms with Gasteiger partial charge in [0, 0.05) is 25.5 Å². The lowest BCUT2D eigenvalue weighted by Crippen LogP contribution is -2.67. The number of ether oxygens (including phenoxy) is 1. The Morgan fingerprint density at radius 2 is 2.24 bits per heavy atom. The van der Waals surface area contributed by atoms with E-state index in [0.29, 0.717) is 24.7 Å². The number of likely N-dealkylation sites (N-methyl/N-ethyl adjacent to an activating group) is 1. The zero-order valence-electron chi connectivity index (χ0n) is 12.8.